The highest BCUT2D eigenvalue weighted by atomic mass is 16.6. The fourth-order valence-corrected chi connectivity index (χ4v) is 2.84. The van der Waals surface area contributed by atoms with Crippen LogP contribution in [0.25, 0.3) is 10.9 Å². The molecule has 3 N–H and O–H groups in total. The van der Waals surface area contributed by atoms with Gasteiger partial charge in [0.15, 0.2) is 6.10 Å². The number of amides is 1. The number of Topliss-reactive ketones (excluding diaryl/α,β-unsaturated/α-hetero) is 1. The summed E-state index contributed by atoms with van der Waals surface area (Å²) in [6.07, 6.45) is 0.862. The fourth-order valence-electron chi connectivity index (χ4n) is 2.84. The van der Waals surface area contributed by atoms with Crippen molar-refractivity contribution in [3.8, 4) is 5.75 Å². The Balaban J connectivity index is 2.43. The number of aromatic nitrogens is 1. The predicted molar refractivity (Wildman–Crippen MR) is 102 cm³/mol. The number of fused-ring (bicyclic) bond motifs is 1. The van der Waals surface area contributed by atoms with Crippen LogP contribution in [0, 0.1) is 12.8 Å². The van der Waals surface area contributed by atoms with Crippen LogP contribution in [0.1, 0.15) is 49.7 Å². The number of primary amides is 1. The van der Waals surface area contributed by atoms with Crippen molar-refractivity contribution in [3.05, 3.63) is 29.5 Å². The number of aromatic amines is 1. The number of esters is 1. The van der Waals surface area contributed by atoms with Crippen molar-refractivity contribution in [1.29, 1.82) is 0 Å². The second-order valence-electron chi connectivity index (χ2n) is 6.80. The lowest BCUT2D eigenvalue weighted by Gasteiger charge is -2.21. The summed E-state index contributed by atoms with van der Waals surface area (Å²) >= 11 is 0. The molecule has 1 amide bonds. The molecule has 1 aromatic heterocycles. The average Bonchev–Trinajstić information content (AvgIpc) is 2.95. The van der Waals surface area contributed by atoms with Crippen molar-refractivity contribution >= 4 is 28.6 Å². The third-order valence-corrected chi connectivity index (χ3v) is 4.26. The van der Waals surface area contributed by atoms with E-state index in [1.807, 2.05) is 20.8 Å². The zero-order valence-electron chi connectivity index (χ0n) is 16.1. The van der Waals surface area contributed by atoms with Gasteiger partial charge in [0.05, 0.1) is 23.1 Å². The summed E-state index contributed by atoms with van der Waals surface area (Å²) in [4.78, 5) is 39.2. The number of ether oxygens (including phenoxy) is 2. The Morgan fingerprint density at radius 1 is 1.22 bits per heavy atom. The van der Waals surface area contributed by atoms with E-state index in [-0.39, 0.29) is 11.5 Å². The normalized spacial score (nSPS) is 12.2. The lowest BCUT2D eigenvalue weighted by molar-refractivity contribution is -0.154. The highest BCUT2D eigenvalue weighted by molar-refractivity contribution is 6.45. The number of nitrogens with two attached hydrogens (primary N) is 1. The van der Waals surface area contributed by atoms with Gasteiger partial charge in [-0.15, -0.1) is 0 Å². The summed E-state index contributed by atoms with van der Waals surface area (Å²) < 4.78 is 11.3. The summed E-state index contributed by atoms with van der Waals surface area (Å²) in [5.74, 6) is -2.13. The Bertz CT molecular complexity index is 853. The smallest absolute Gasteiger partial charge is 0.347 e. The first-order chi connectivity index (χ1) is 12.8. The summed E-state index contributed by atoms with van der Waals surface area (Å²) in [5, 5.41) is 0.436. The molecule has 2 aromatic rings. The van der Waals surface area contributed by atoms with Crippen LogP contribution in [0.3, 0.4) is 0 Å². The molecule has 0 saturated heterocycles. The van der Waals surface area contributed by atoms with Crippen LogP contribution >= 0.6 is 0 Å². The maximum absolute atomic E-state index is 12.4. The molecule has 1 atom stereocenters. The van der Waals surface area contributed by atoms with E-state index in [2.05, 4.69) is 4.98 Å². The van der Waals surface area contributed by atoms with E-state index >= 15 is 0 Å². The van der Waals surface area contributed by atoms with Crippen LogP contribution in [0.4, 0.5) is 0 Å². The Morgan fingerprint density at radius 3 is 2.52 bits per heavy atom. The summed E-state index contributed by atoms with van der Waals surface area (Å²) in [5.41, 5.74) is 6.48. The van der Waals surface area contributed by atoms with E-state index in [1.54, 1.807) is 25.1 Å². The van der Waals surface area contributed by atoms with E-state index in [9.17, 15) is 14.4 Å². The van der Waals surface area contributed by atoms with Crippen molar-refractivity contribution < 1.29 is 23.9 Å². The van der Waals surface area contributed by atoms with Crippen molar-refractivity contribution in [2.75, 3.05) is 6.61 Å². The molecule has 0 aliphatic carbocycles. The minimum atomic E-state index is -1.05. The number of unbranched alkanes of at least 4 members (excludes halogenated alkanes) is 1. The molecule has 7 nitrogen and oxygen atoms in total. The zero-order valence-corrected chi connectivity index (χ0v) is 16.1. The van der Waals surface area contributed by atoms with E-state index in [0.29, 0.717) is 29.0 Å². The molecule has 7 heteroatoms. The Kier molecular flexibility index (Phi) is 6.60. The maximum Gasteiger partial charge on any atom is 0.347 e. The number of ketones is 1. The van der Waals surface area contributed by atoms with Gasteiger partial charge in [0.1, 0.15) is 5.75 Å². The van der Waals surface area contributed by atoms with Crippen molar-refractivity contribution in [1.82, 2.24) is 4.98 Å². The maximum atomic E-state index is 12.4. The minimum absolute atomic E-state index is 0.148. The Morgan fingerprint density at radius 2 is 1.93 bits per heavy atom. The number of nitrogens with one attached hydrogen (secondary N) is 1. The van der Waals surface area contributed by atoms with E-state index in [0.717, 1.165) is 12.8 Å². The highest BCUT2D eigenvalue weighted by Gasteiger charge is 2.29. The summed E-state index contributed by atoms with van der Waals surface area (Å²) in [6.45, 7) is 7.73. The standard InChI is InChI=1S/C20H26N2O5/c1-5-6-10-26-20(25)18(11(2)3)27-14-9-7-8-13-16(14)15(12(4)22-13)17(23)19(21)24/h7-9,11,18,22H,5-6,10H2,1-4H3,(H2,21,24). The van der Waals surface area contributed by atoms with Gasteiger partial charge in [-0.05, 0) is 25.5 Å². The van der Waals surface area contributed by atoms with Gasteiger partial charge >= 0.3 is 5.97 Å². The van der Waals surface area contributed by atoms with Crippen LogP contribution in [0.15, 0.2) is 18.2 Å². The fraction of sp³-hybridized carbons (Fsp3) is 0.450. The van der Waals surface area contributed by atoms with Crippen LogP contribution in [0.5, 0.6) is 5.75 Å². The monoisotopic (exact) mass is 374 g/mol. The zero-order chi connectivity index (χ0) is 20.1. The molecule has 0 spiro atoms. The number of hydrogen-bond acceptors (Lipinski definition) is 5. The summed E-state index contributed by atoms with van der Waals surface area (Å²) in [6, 6.07) is 5.16. The van der Waals surface area contributed by atoms with Crippen molar-refractivity contribution in [3.63, 3.8) is 0 Å². The highest BCUT2D eigenvalue weighted by Crippen LogP contribution is 2.33. The minimum Gasteiger partial charge on any atom is -0.478 e. The molecule has 0 fully saturated rings. The molecule has 27 heavy (non-hydrogen) atoms. The second-order valence-corrected chi connectivity index (χ2v) is 6.80. The molecule has 2 rings (SSSR count). The van der Waals surface area contributed by atoms with Crippen LogP contribution in [-0.4, -0.2) is 35.4 Å². The van der Waals surface area contributed by atoms with E-state index in [4.69, 9.17) is 15.2 Å². The largest absolute Gasteiger partial charge is 0.478 e. The molecule has 1 heterocycles. The number of carbonyl (C=O) groups is 3. The second kappa shape index (κ2) is 8.70. The number of aryl methyl sites for hydroxylation is 1. The van der Waals surface area contributed by atoms with E-state index < -0.39 is 23.8 Å². The predicted octanol–water partition coefficient (Wildman–Crippen LogP) is 2.89. The van der Waals surface area contributed by atoms with Gasteiger partial charge in [-0.1, -0.05) is 33.3 Å². The molecule has 0 aliphatic heterocycles. The molecule has 0 bridgehead atoms. The first-order valence-electron chi connectivity index (χ1n) is 9.06. The molecule has 0 aliphatic rings. The number of benzene rings is 1. The number of H-pyrrole nitrogens is 1. The lowest BCUT2D eigenvalue weighted by Crippen LogP contribution is -2.34. The van der Waals surface area contributed by atoms with Crippen LogP contribution < -0.4 is 10.5 Å². The third-order valence-electron chi connectivity index (χ3n) is 4.26. The molecule has 146 valence electrons. The number of hydrogen-bond donors (Lipinski definition) is 2. The van der Waals surface area contributed by atoms with Gasteiger partial charge in [0, 0.05) is 11.6 Å². The van der Waals surface area contributed by atoms with Crippen LogP contribution in [0.2, 0.25) is 0 Å². The first kappa shape index (κ1) is 20.5. The lowest BCUT2D eigenvalue weighted by atomic mass is 10.0. The molecule has 0 radical (unpaired) electrons. The molecule has 0 saturated carbocycles. The van der Waals surface area contributed by atoms with Gasteiger partial charge in [0.2, 0.25) is 0 Å². The molecule has 1 aromatic carbocycles. The molecule has 1 unspecified atom stereocenters. The van der Waals surface area contributed by atoms with Gasteiger partial charge in [-0.3, -0.25) is 9.59 Å². The van der Waals surface area contributed by atoms with Crippen molar-refractivity contribution in [2.24, 2.45) is 11.7 Å². The molecular formula is C20H26N2O5. The number of carbonyl (C=O) groups excluding carboxylic acids is 3. The summed E-state index contributed by atoms with van der Waals surface area (Å²) in [7, 11) is 0. The SMILES string of the molecule is CCCCOC(=O)C(Oc1cccc2[nH]c(C)c(C(=O)C(N)=O)c12)C(C)C. The van der Waals surface area contributed by atoms with Crippen molar-refractivity contribution in [2.45, 2.75) is 46.6 Å². The Hall–Kier alpha value is -2.83. The topological polar surface area (TPSA) is 111 Å². The quantitative estimate of drug-likeness (QED) is 0.303. The van der Waals surface area contributed by atoms with E-state index in [1.165, 1.54) is 0 Å². The van der Waals surface area contributed by atoms with Gasteiger partial charge < -0.3 is 20.2 Å². The van der Waals surface area contributed by atoms with Gasteiger partial charge in [-0.25, -0.2) is 4.79 Å². The molecular weight excluding hydrogens is 348 g/mol. The third kappa shape index (κ3) is 4.48. The van der Waals surface area contributed by atoms with Crippen LogP contribution in [-0.2, 0) is 14.3 Å². The Labute approximate surface area is 158 Å². The van der Waals surface area contributed by atoms with Gasteiger partial charge in [-0.2, -0.15) is 0 Å². The first-order valence-corrected chi connectivity index (χ1v) is 9.06. The van der Waals surface area contributed by atoms with Gasteiger partial charge in [0.25, 0.3) is 11.7 Å². The average molecular weight is 374 g/mol. The number of rotatable bonds is 9.